The van der Waals surface area contributed by atoms with Crippen molar-refractivity contribution in [1.29, 1.82) is 0 Å². The second kappa shape index (κ2) is 6.21. The summed E-state index contributed by atoms with van der Waals surface area (Å²) in [6.07, 6.45) is -0.224. The maximum atomic E-state index is 12.3. The van der Waals surface area contributed by atoms with Crippen LogP contribution in [0.3, 0.4) is 0 Å². The lowest BCUT2D eigenvalue weighted by atomic mass is 10.1. The Hall–Kier alpha value is -2.31. The van der Waals surface area contributed by atoms with Gasteiger partial charge in [-0.1, -0.05) is 12.1 Å². The van der Waals surface area contributed by atoms with Gasteiger partial charge < -0.3 is 14.9 Å². The topological polar surface area (TPSA) is 80.0 Å². The molecule has 1 fully saturated rings. The molecule has 2 rings (SSSR count). The fourth-order valence-electron chi connectivity index (χ4n) is 2.21. The number of rotatable bonds is 4. The Labute approximate surface area is 130 Å². The van der Waals surface area contributed by atoms with Crippen molar-refractivity contribution in [3.8, 4) is 0 Å². The largest absolute Gasteiger partial charge is 0.569 e. The third kappa shape index (κ3) is 4.09. The Morgan fingerprint density at radius 2 is 2.18 bits per heavy atom. The number of nitrogens with one attached hydrogen (secondary N) is 1. The average Bonchev–Trinajstić information content (AvgIpc) is 2.76. The Morgan fingerprint density at radius 3 is 2.82 bits per heavy atom. The first-order chi connectivity index (χ1) is 10.3. The Kier molecular flexibility index (Phi) is 4.54. The van der Waals surface area contributed by atoms with Crippen LogP contribution in [0.5, 0.6) is 0 Å². The number of hydrazine groups is 1. The summed E-state index contributed by atoms with van der Waals surface area (Å²) in [5, 5.41) is 14.9. The molecule has 1 aromatic carbocycles. The first kappa shape index (κ1) is 16.1. The van der Waals surface area contributed by atoms with Crippen molar-refractivity contribution in [2.75, 3.05) is 11.4 Å². The van der Waals surface area contributed by atoms with E-state index in [4.69, 9.17) is 4.84 Å². The van der Waals surface area contributed by atoms with Gasteiger partial charge >= 0.3 is 0 Å². The van der Waals surface area contributed by atoms with Crippen LogP contribution in [0.4, 0.5) is 5.69 Å². The quantitative estimate of drug-likeness (QED) is 0.526. The lowest BCUT2D eigenvalue weighted by Gasteiger charge is -2.17. The molecule has 1 aromatic rings. The number of nitrogens with zero attached hydrogens (tertiary/aromatic N) is 3. The molecule has 0 bridgehead atoms. The van der Waals surface area contributed by atoms with Gasteiger partial charge in [-0.3, -0.25) is 4.79 Å². The molecule has 0 spiro atoms. The van der Waals surface area contributed by atoms with E-state index in [0.29, 0.717) is 13.0 Å². The van der Waals surface area contributed by atoms with E-state index in [2.05, 4.69) is 10.7 Å². The molecule has 7 nitrogen and oxygen atoms in total. The molecule has 0 saturated carbocycles. The second-order valence-electron chi connectivity index (χ2n) is 6.43. The van der Waals surface area contributed by atoms with Gasteiger partial charge in [0.25, 0.3) is 5.91 Å². The highest BCUT2D eigenvalue weighted by molar-refractivity contribution is 5.98. The van der Waals surface area contributed by atoms with Crippen LogP contribution in [0.2, 0.25) is 0 Å². The second-order valence-corrected chi connectivity index (χ2v) is 6.43. The molecular formula is C15H22N4O3. The zero-order valence-electron chi connectivity index (χ0n) is 13.4. The van der Waals surface area contributed by atoms with Crippen molar-refractivity contribution in [3.63, 3.8) is 0 Å². The molecule has 0 aliphatic carbocycles. The minimum atomic E-state index is -0.723. The molecule has 0 unspecified atom stereocenters. The van der Waals surface area contributed by atoms with Gasteiger partial charge in [-0.15, -0.1) is 0 Å². The van der Waals surface area contributed by atoms with Crippen molar-refractivity contribution in [2.24, 2.45) is 5.28 Å². The average molecular weight is 306 g/mol. The number of carbonyl (C=O) groups is 1. The first-order valence-electron chi connectivity index (χ1n) is 7.26. The predicted octanol–water partition coefficient (Wildman–Crippen LogP) is 2.30. The smallest absolute Gasteiger partial charge is 0.271 e. The van der Waals surface area contributed by atoms with E-state index in [9.17, 15) is 10.0 Å². The van der Waals surface area contributed by atoms with Crippen molar-refractivity contribution in [2.45, 2.75) is 45.8 Å². The third-order valence-electron chi connectivity index (χ3n) is 3.15. The monoisotopic (exact) mass is 306 g/mol. The maximum absolute atomic E-state index is 12.3. The number of hydrogen-bond acceptors (Lipinski definition) is 4. The Morgan fingerprint density at radius 1 is 1.45 bits per heavy atom. The van der Waals surface area contributed by atoms with Crippen molar-refractivity contribution in [1.82, 2.24) is 5.43 Å². The van der Waals surface area contributed by atoms with E-state index in [1.807, 2.05) is 52.0 Å². The number of aryl methyl sites for hydroxylation is 1. The summed E-state index contributed by atoms with van der Waals surface area (Å²) in [5.74, 6) is -0.182. The van der Waals surface area contributed by atoms with Crippen LogP contribution in [0.25, 0.3) is 0 Å². The summed E-state index contributed by atoms with van der Waals surface area (Å²) in [6, 6.07) is 7.70. The van der Waals surface area contributed by atoms with E-state index >= 15 is 0 Å². The van der Waals surface area contributed by atoms with E-state index < -0.39 is 11.6 Å². The minimum Gasteiger partial charge on any atom is -0.569 e. The molecule has 22 heavy (non-hydrogen) atoms. The van der Waals surface area contributed by atoms with E-state index in [-0.39, 0.29) is 10.9 Å². The molecule has 0 radical (unpaired) electrons. The summed E-state index contributed by atoms with van der Waals surface area (Å²) in [7, 11) is 0. The van der Waals surface area contributed by atoms with Crippen molar-refractivity contribution in [3.05, 3.63) is 35.0 Å². The van der Waals surface area contributed by atoms with Gasteiger partial charge in [-0.05, 0) is 45.4 Å². The van der Waals surface area contributed by atoms with Crippen LogP contribution < -0.4 is 10.3 Å². The SMILES string of the molecule is Cc1cccc(N2CC[C@@H](O/N=[N+](\[O-])NC(C)(C)C)C2=O)c1. The molecule has 1 aliphatic heterocycles. The third-order valence-corrected chi connectivity index (χ3v) is 3.15. The molecule has 1 saturated heterocycles. The van der Waals surface area contributed by atoms with Crippen molar-refractivity contribution >= 4 is 11.6 Å². The molecular weight excluding hydrogens is 284 g/mol. The Bertz CT molecular complexity index is 580. The van der Waals surface area contributed by atoms with Crippen LogP contribution >= 0.6 is 0 Å². The molecule has 7 heteroatoms. The summed E-state index contributed by atoms with van der Waals surface area (Å²) in [4.78, 5) is 19.3. The number of carbonyl (C=O) groups excluding carboxylic acids is 1. The zero-order valence-corrected chi connectivity index (χ0v) is 13.4. The fraction of sp³-hybridized carbons (Fsp3) is 0.533. The predicted molar refractivity (Wildman–Crippen MR) is 82.0 cm³/mol. The first-order valence-corrected chi connectivity index (χ1v) is 7.26. The molecule has 1 N–H and O–H groups in total. The van der Waals surface area contributed by atoms with Crippen LogP contribution in [-0.2, 0) is 9.63 Å². The highest BCUT2D eigenvalue weighted by atomic mass is 16.7. The van der Waals surface area contributed by atoms with Crippen molar-refractivity contribution < 1.29 is 14.6 Å². The minimum absolute atomic E-state index is 0.182. The summed E-state index contributed by atoms with van der Waals surface area (Å²) >= 11 is 0. The van der Waals surface area contributed by atoms with Crippen LogP contribution in [-0.4, -0.2) is 29.1 Å². The lowest BCUT2D eigenvalue weighted by molar-refractivity contribution is -0.625. The fourth-order valence-corrected chi connectivity index (χ4v) is 2.21. The number of anilines is 1. The highest BCUT2D eigenvalue weighted by Gasteiger charge is 2.35. The van der Waals surface area contributed by atoms with Crippen LogP contribution in [0.1, 0.15) is 32.8 Å². The van der Waals surface area contributed by atoms with Gasteiger partial charge in [0, 0.05) is 18.7 Å². The van der Waals surface area contributed by atoms with Crippen LogP contribution in [0.15, 0.2) is 29.5 Å². The van der Waals surface area contributed by atoms with E-state index in [1.165, 1.54) is 0 Å². The van der Waals surface area contributed by atoms with E-state index in [1.54, 1.807) is 4.90 Å². The Balaban J connectivity index is 1.99. The normalized spacial score (nSPS) is 19.5. The van der Waals surface area contributed by atoms with Gasteiger partial charge in [0.2, 0.25) is 11.4 Å². The molecule has 1 heterocycles. The number of benzene rings is 1. The molecule has 1 aliphatic rings. The van der Waals surface area contributed by atoms with Gasteiger partial charge in [-0.2, -0.15) is 5.43 Å². The number of amides is 1. The van der Waals surface area contributed by atoms with Crippen LogP contribution in [0, 0.1) is 12.1 Å². The lowest BCUT2D eigenvalue weighted by Crippen LogP contribution is -2.41. The highest BCUT2D eigenvalue weighted by Crippen LogP contribution is 2.24. The molecule has 0 aromatic heterocycles. The summed E-state index contributed by atoms with van der Waals surface area (Å²) in [6.45, 7) is 8.00. The van der Waals surface area contributed by atoms with Gasteiger partial charge in [0.05, 0.1) is 10.5 Å². The summed E-state index contributed by atoms with van der Waals surface area (Å²) in [5.41, 5.74) is 4.06. The van der Waals surface area contributed by atoms with Gasteiger partial charge in [0.1, 0.15) is 0 Å². The zero-order chi connectivity index (χ0) is 16.3. The standard InChI is InChI=1S/C15H22N4O3/c1-11-6-5-7-12(10-11)18-9-8-13(14(18)20)22-17-19(21)16-15(2,3)4/h5-7,10,13H,8-9H2,1-4H3,(H,16,17)/t13-/m1/s1. The summed E-state index contributed by atoms with van der Waals surface area (Å²) < 4.78 is 0. The maximum Gasteiger partial charge on any atom is 0.271 e. The van der Waals surface area contributed by atoms with E-state index in [0.717, 1.165) is 11.3 Å². The van der Waals surface area contributed by atoms with Gasteiger partial charge in [0.15, 0.2) is 0 Å². The molecule has 1 atom stereocenters. The number of hydrogen-bond donors (Lipinski definition) is 1. The molecule has 120 valence electrons. The van der Waals surface area contributed by atoms with Gasteiger partial charge in [-0.25, -0.2) is 0 Å². The molecule has 1 amide bonds.